The quantitative estimate of drug-likeness (QED) is 0.191. The summed E-state index contributed by atoms with van der Waals surface area (Å²) in [6, 6.07) is 50.7. The van der Waals surface area contributed by atoms with Crippen LogP contribution in [0, 0.1) is 0 Å². The lowest BCUT2D eigenvalue weighted by molar-refractivity contribution is 1.08. The molecule has 0 fully saturated rings. The predicted octanol–water partition coefficient (Wildman–Crippen LogP) is 11.8. The van der Waals surface area contributed by atoms with E-state index < -0.39 is 0 Å². The van der Waals surface area contributed by atoms with Gasteiger partial charge in [0.05, 0.1) is 11.2 Å². The summed E-state index contributed by atoms with van der Waals surface area (Å²) in [6.45, 7) is 0. The van der Waals surface area contributed by atoms with Crippen molar-refractivity contribution in [2.75, 3.05) is 0 Å². The first-order valence-electron chi connectivity index (χ1n) is 15.8. The molecule has 48 heavy (non-hydrogen) atoms. The smallest absolute Gasteiger partial charge is 0.165 e. The fraction of sp³-hybridized carbons (Fsp3) is 0. The summed E-state index contributed by atoms with van der Waals surface area (Å²) in [6.07, 6.45) is 0. The molecule has 0 atom stereocenters. The van der Waals surface area contributed by atoms with Gasteiger partial charge in [-0.15, -0.1) is 22.7 Å². The number of fused-ring (bicyclic) bond motifs is 8. The van der Waals surface area contributed by atoms with Crippen LogP contribution >= 0.6 is 22.7 Å². The summed E-state index contributed by atoms with van der Waals surface area (Å²) in [5, 5.41) is 5.95. The van der Waals surface area contributed by atoms with Crippen molar-refractivity contribution in [2.24, 2.45) is 0 Å². The van der Waals surface area contributed by atoms with Crippen LogP contribution in [-0.4, -0.2) is 19.9 Å². The topological polar surface area (TPSA) is 51.6 Å². The van der Waals surface area contributed by atoms with E-state index in [9.17, 15) is 0 Å². The lowest BCUT2D eigenvalue weighted by Crippen LogP contribution is -2.00. The van der Waals surface area contributed by atoms with Crippen LogP contribution in [0.15, 0.2) is 146 Å². The Labute approximate surface area is 283 Å². The molecule has 0 radical (unpaired) electrons. The van der Waals surface area contributed by atoms with Crippen molar-refractivity contribution >= 4 is 73.9 Å². The van der Waals surface area contributed by atoms with Crippen LogP contribution in [0.3, 0.4) is 0 Å². The molecule has 0 aliphatic heterocycles. The molecule has 4 nitrogen and oxygen atoms in total. The van der Waals surface area contributed by atoms with Crippen molar-refractivity contribution in [1.82, 2.24) is 19.9 Å². The zero-order chi connectivity index (χ0) is 31.6. The van der Waals surface area contributed by atoms with E-state index in [0.29, 0.717) is 17.5 Å². The largest absolute Gasteiger partial charge is 0.247 e. The number of hydrogen-bond acceptors (Lipinski definition) is 6. The number of nitrogens with zero attached hydrogens (tertiary/aromatic N) is 4. The zero-order valence-electron chi connectivity index (χ0n) is 25.5. The number of rotatable bonds is 4. The molecule has 0 amide bonds. The molecule has 0 unspecified atom stereocenters. The van der Waals surface area contributed by atoms with Gasteiger partial charge in [-0.25, -0.2) is 19.9 Å². The Kier molecular flexibility index (Phi) is 6.19. The molecule has 0 bridgehead atoms. The van der Waals surface area contributed by atoms with Crippen molar-refractivity contribution in [2.45, 2.75) is 0 Å². The lowest BCUT2D eigenvalue weighted by Gasteiger charge is -2.10. The number of aromatic nitrogens is 4. The average Bonchev–Trinajstić information content (AvgIpc) is 3.74. The predicted molar refractivity (Wildman–Crippen MR) is 203 cm³/mol. The zero-order valence-corrected chi connectivity index (χ0v) is 27.1. The number of benzene rings is 6. The van der Waals surface area contributed by atoms with Gasteiger partial charge in [0.2, 0.25) is 0 Å². The van der Waals surface area contributed by atoms with Crippen LogP contribution in [0.2, 0.25) is 0 Å². The average molecular weight is 649 g/mol. The molecule has 0 saturated heterocycles. The van der Waals surface area contributed by atoms with Crippen LogP contribution in [0.5, 0.6) is 0 Å². The van der Waals surface area contributed by atoms with E-state index in [2.05, 4.69) is 121 Å². The van der Waals surface area contributed by atoms with E-state index in [1.807, 2.05) is 35.6 Å². The Morgan fingerprint density at radius 3 is 1.83 bits per heavy atom. The van der Waals surface area contributed by atoms with Crippen molar-refractivity contribution in [3.8, 4) is 45.4 Å². The Balaban J connectivity index is 1.24. The molecule has 6 heteroatoms. The highest BCUT2D eigenvalue weighted by Gasteiger charge is 2.19. The maximum Gasteiger partial charge on any atom is 0.165 e. The number of thiophene rings is 2. The second kappa shape index (κ2) is 10.9. The summed E-state index contributed by atoms with van der Waals surface area (Å²) in [5.74, 6) is 1.97. The van der Waals surface area contributed by atoms with Gasteiger partial charge in [0, 0.05) is 68.0 Å². The lowest BCUT2D eigenvalue weighted by atomic mass is 10.0. The number of para-hydroxylation sites is 1. The monoisotopic (exact) mass is 648 g/mol. The fourth-order valence-corrected chi connectivity index (χ4v) is 9.10. The SMILES string of the molecule is c1ccc(-c2nc(-c3ccc4sc5c6ccccc6nc(-c6ccccc6)c5c4c3)nc(-c3cccc4c3sc3ccccc34)n2)cc1. The van der Waals surface area contributed by atoms with Gasteiger partial charge in [0.1, 0.15) is 0 Å². The molecular formula is C42H24N4S2. The summed E-state index contributed by atoms with van der Waals surface area (Å²) in [5.41, 5.74) is 6.00. The van der Waals surface area contributed by atoms with Crippen LogP contribution in [0.1, 0.15) is 0 Å². The normalized spacial score (nSPS) is 11.8. The van der Waals surface area contributed by atoms with Crippen LogP contribution in [-0.2, 0) is 0 Å². The Hall–Kier alpha value is -5.82. The highest BCUT2D eigenvalue weighted by Crippen LogP contribution is 2.44. The summed E-state index contributed by atoms with van der Waals surface area (Å²) >= 11 is 3.60. The maximum atomic E-state index is 5.22. The number of hydrogen-bond donors (Lipinski definition) is 0. The minimum atomic E-state index is 0.647. The molecule has 0 spiro atoms. The molecule has 10 aromatic rings. The van der Waals surface area contributed by atoms with Gasteiger partial charge in [-0.1, -0.05) is 109 Å². The van der Waals surface area contributed by atoms with E-state index in [1.54, 1.807) is 11.3 Å². The summed E-state index contributed by atoms with van der Waals surface area (Å²) < 4.78 is 4.88. The van der Waals surface area contributed by atoms with Gasteiger partial charge < -0.3 is 0 Å². The molecule has 0 aliphatic carbocycles. The molecular weight excluding hydrogens is 625 g/mol. The fourth-order valence-electron chi connectivity index (χ4n) is 6.67. The molecule has 0 N–H and O–H groups in total. The van der Waals surface area contributed by atoms with Crippen molar-refractivity contribution < 1.29 is 0 Å². The maximum absolute atomic E-state index is 5.22. The third-order valence-electron chi connectivity index (χ3n) is 8.92. The summed E-state index contributed by atoms with van der Waals surface area (Å²) in [7, 11) is 0. The first-order valence-corrected chi connectivity index (χ1v) is 17.4. The Bertz CT molecular complexity index is 2840. The molecule has 4 heterocycles. The van der Waals surface area contributed by atoms with Crippen LogP contribution < -0.4 is 0 Å². The Morgan fingerprint density at radius 1 is 0.375 bits per heavy atom. The first kappa shape index (κ1) is 27.3. The van der Waals surface area contributed by atoms with Gasteiger partial charge >= 0.3 is 0 Å². The third-order valence-corrected chi connectivity index (χ3v) is 11.3. The second-order valence-electron chi connectivity index (χ2n) is 11.8. The van der Waals surface area contributed by atoms with E-state index >= 15 is 0 Å². The minimum Gasteiger partial charge on any atom is -0.247 e. The highest BCUT2D eigenvalue weighted by atomic mass is 32.1. The van der Waals surface area contributed by atoms with E-state index in [1.165, 1.54) is 35.0 Å². The van der Waals surface area contributed by atoms with Crippen molar-refractivity contribution in [3.05, 3.63) is 146 Å². The van der Waals surface area contributed by atoms with Crippen LogP contribution in [0.25, 0.3) is 96.7 Å². The molecule has 6 aromatic carbocycles. The first-order chi connectivity index (χ1) is 23.8. The van der Waals surface area contributed by atoms with Crippen molar-refractivity contribution in [3.63, 3.8) is 0 Å². The van der Waals surface area contributed by atoms with E-state index in [-0.39, 0.29) is 0 Å². The van der Waals surface area contributed by atoms with Crippen molar-refractivity contribution in [1.29, 1.82) is 0 Å². The summed E-state index contributed by atoms with van der Waals surface area (Å²) in [4.78, 5) is 20.6. The highest BCUT2D eigenvalue weighted by molar-refractivity contribution is 7.27. The molecule has 224 valence electrons. The van der Waals surface area contributed by atoms with Gasteiger partial charge in [0.25, 0.3) is 0 Å². The van der Waals surface area contributed by atoms with Gasteiger partial charge in [0.15, 0.2) is 17.5 Å². The second-order valence-corrected chi connectivity index (χ2v) is 13.9. The Morgan fingerprint density at radius 2 is 1.00 bits per heavy atom. The molecule has 0 saturated carbocycles. The standard InChI is InChI=1S/C42H24N4S2/c1-3-12-25(13-4-1)37-36-32-24-27(22-23-35(32)48-39(36)30-17-7-9-20-33(30)43-37)41-44-40(26-14-5-2-6-15-26)45-42(46-41)31-19-11-18-29-28-16-8-10-21-34(28)47-38(29)31/h1-24H. The molecule has 4 aromatic heterocycles. The van der Waals surface area contributed by atoms with Gasteiger partial charge in [-0.3, -0.25) is 0 Å². The van der Waals surface area contributed by atoms with E-state index in [4.69, 9.17) is 19.9 Å². The van der Waals surface area contributed by atoms with E-state index in [0.717, 1.165) is 44.2 Å². The molecule has 0 aliphatic rings. The minimum absolute atomic E-state index is 0.647. The number of pyridine rings is 1. The third kappa shape index (κ3) is 4.34. The molecule has 10 rings (SSSR count). The van der Waals surface area contributed by atoms with Gasteiger partial charge in [-0.2, -0.15) is 0 Å². The van der Waals surface area contributed by atoms with Gasteiger partial charge in [-0.05, 0) is 36.4 Å². The van der Waals surface area contributed by atoms with Crippen LogP contribution in [0.4, 0.5) is 0 Å².